The van der Waals surface area contributed by atoms with Crippen LogP contribution < -0.4 is 10.6 Å². The largest absolute Gasteiger partial charge is 0.467 e. The Labute approximate surface area is 75.8 Å². The molecule has 3 atom stereocenters. The molecule has 2 rings (SSSR count). The van der Waals surface area contributed by atoms with Crippen LogP contribution in [0.25, 0.3) is 0 Å². The van der Waals surface area contributed by atoms with E-state index >= 15 is 0 Å². The summed E-state index contributed by atoms with van der Waals surface area (Å²) < 4.78 is 4.59. The lowest BCUT2D eigenvalue weighted by Crippen LogP contribution is -2.62. The van der Waals surface area contributed by atoms with Crippen LogP contribution in [-0.4, -0.2) is 37.1 Å². The van der Waals surface area contributed by atoms with Gasteiger partial charge < -0.3 is 15.4 Å². The van der Waals surface area contributed by atoms with Gasteiger partial charge >= 0.3 is 5.97 Å². The molecule has 2 fully saturated rings. The van der Waals surface area contributed by atoms with Crippen LogP contribution >= 0.6 is 0 Å². The first-order valence-electron chi connectivity index (χ1n) is 4.36. The topological polar surface area (TPSA) is 67.4 Å². The van der Waals surface area contributed by atoms with Gasteiger partial charge in [-0.2, -0.15) is 0 Å². The van der Waals surface area contributed by atoms with Gasteiger partial charge in [-0.15, -0.1) is 0 Å². The van der Waals surface area contributed by atoms with Gasteiger partial charge in [0.25, 0.3) is 0 Å². The van der Waals surface area contributed by atoms with Crippen molar-refractivity contribution in [3.63, 3.8) is 0 Å². The maximum absolute atomic E-state index is 11.3. The van der Waals surface area contributed by atoms with Gasteiger partial charge in [0.15, 0.2) is 0 Å². The summed E-state index contributed by atoms with van der Waals surface area (Å²) in [6, 6.07) is -0.558. The lowest BCUT2D eigenvalue weighted by Gasteiger charge is -2.28. The molecule has 0 aromatic carbocycles. The highest BCUT2D eigenvalue weighted by Crippen LogP contribution is 2.20. The highest BCUT2D eigenvalue weighted by Gasteiger charge is 2.43. The number of ether oxygens (including phenoxy) is 1. The smallest absolute Gasteiger partial charge is 0.330 e. The van der Waals surface area contributed by atoms with E-state index in [0.29, 0.717) is 0 Å². The monoisotopic (exact) mass is 184 g/mol. The van der Waals surface area contributed by atoms with Gasteiger partial charge in [-0.3, -0.25) is 4.79 Å². The molecule has 0 spiro atoms. The van der Waals surface area contributed by atoms with Crippen molar-refractivity contribution in [1.29, 1.82) is 0 Å². The summed E-state index contributed by atoms with van der Waals surface area (Å²) >= 11 is 0. The summed E-state index contributed by atoms with van der Waals surface area (Å²) in [5, 5.41) is 5.75. The van der Waals surface area contributed by atoms with Crippen LogP contribution in [0.2, 0.25) is 0 Å². The van der Waals surface area contributed by atoms with Crippen LogP contribution in [0, 0.1) is 0 Å². The molecular weight excluding hydrogens is 172 g/mol. The first kappa shape index (κ1) is 8.50. The van der Waals surface area contributed by atoms with E-state index in [1.165, 1.54) is 7.11 Å². The van der Waals surface area contributed by atoms with Gasteiger partial charge in [0, 0.05) is 6.04 Å². The van der Waals surface area contributed by atoms with E-state index < -0.39 is 6.04 Å². The quantitative estimate of drug-likeness (QED) is 0.501. The Bertz CT molecular complexity index is 254. The highest BCUT2D eigenvalue weighted by atomic mass is 16.5. The number of esters is 1. The van der Waals surface area contributed by atoms with Gasteiger partial charge in [-0.1, -0.05) is 0 Å². The molecular formula is C8H12N2O3. The second-order valence-electron chi connectivity index (χ2n) is 3.41. The summed E-state index contributed by atoms with van der Waals surface area (Å²) in [5.74, 6) is -0.463. The third kappa shape index (κ3) is 1.29. The van der Waals surface area contributed by atoms with E-state index in [2.05, 4.69) is 15.4 Å². The molecule has 2 aliphatic heterocycles. The molecule has 2 heterocycles. The van der Waals surface area contributed by atoms with Crippen molar-refractivity contribution in [2.75, 3.05) is 7.11 Å². The van der Waals surface area contributed by atoms with Crippen molar-refractivity contribution in [3.05, 3.63) is 0 Å². The first-order chi connectivity index (χ1) is 6.22. The number of carbonyl (C=O) groups is 2. The lowest BCUT2D eigenvalue weighted by atomic mass is 10.1. The third-order valence-electron chi connectivity index (χ3n) is 2.65. The highest BCUT2D eigenvalue weighted by molar-refractivity contribution is 5.90. The average Bonchev–Trinajstić information content (AvgIpc) is 2.56. The number of rotatable bonds is 1. The minimum Gasteiger partial charge on any atom is -0.467 e. The molecule has 0 radical (unpaired) electrons. The maximum Gasteiger partial charge on any atom is 0.330 e. The van der Waals surface area contributed by atoms with Crippen LogP contribution in [0.4, 0.5) is 0 Å². The number of nitrogens with one attached hydrogen (secondary N) is 2. The number of piperazine rings is 1. The van der Waals surface area contributed by atoms with E-state index in [1.54, 1.807) is 0 Å². The zero-order valence-electron chi connectivity index (χ0n) is 7.37. The van der Waals surface area contributed by atoms with Gasteiger partial charge in [0.05, 0.1) is 13.2 Å². The Kier molecular flexibility index (Phi) is 1.95. The first-order valence-corrected chi connectivity index (χ1v) is 4.36. The zero-order chi connectivity index (χ0) is 9.42. The number of hydrogen-bond acceptors (Lipinski definition) is 4. The Morgan fingerprint density at radius 2 is 2.31 bits per heavy atom. The molecule has 5 nitrogen and oxygen atoms in total. The van der Waals surface area contributed by atoms with Gasteiger partial charge in [0.2, 0.25) is 5.91 Å². The number of hydrogen-bond donors (Lipinski definition) is 2. The Balaban J connectivity index is 2.12. The van der Waals surface area contributed by atoms with Gasteiger partial charge in [0.1, 0.15) is 6.04 Å². The Hall–Kier alpha value is -1.10. The number of amides is 1. The summed E-state index contributed by atoms with van der Waals surface area (Å²) in [6.07, 6.45) is 1.66. The predicted molar refractivity (Wildman–Crippen MR) is 43.9 cm³/mol. The number of fused-ring (bicyclic) bond motifs is 2. The van der Waals surface area contributed by atoms with E-state index in [0.717, 1.165) is 12.8 Å². The molecule has 0 aliphatic carbocycles. The molecule has 1 amide bonds. The molecule has 13 heavy (non-hydrogen) atoms. The van der Waals surface area contributed by atoms with Crippen molar-refractivity contribution in [3.8, 4) is 0 Å². The van der Waals surface area contributed by atoms with Crippen molar-refractivity contribution in [2.45, 2.75) is 31.0 Å². The molecule has 0 saturated carbocycles. The fourth-order valence-electron chi connectivity index (χ4n) is 1.95. The van der Waals surface area contributed by atoms with E-state index in [-0.39, 0.29) is 24.0 Å². The predicted octanol–water partition coefficient (Wildman–Crippen LogP) is -1.22. The Morgan fingerprint density at radius 1 is 1.54 bits per heavy atom. The van der Waals surface area contributed by atoms with Gasteiger partial charge in [-0.05, 0) is 12.8 Å². The molecule has 5 heteroatoms. The summed E-state index contributed by atoms with van der Waals surface area (Å²) in [5.41, 5.74) is 0. The van der Waals surface area contributed by atoms with Crippen molar-refractivity contribution in [2.24, 2.45) is 0 Å². The number of carbonyl (C=O) groups excluding carboxylic acids is 2. The normalized spacial score (nSPS) is 37.0. The number of methoxy groups -OCH3 is 1. The second kappa shape index (κ2) is 2.99. The molecule has 2 saturated heterocycles. The molecule has 1 unspecified atom stereocenters. The lowest BCUT2D eigenvalue weighted by molar-refractivity contribution is -0.147. The second-order valence-corrected chi connectivity index (χ2v) is 3.41. The van der Waals surface area contributed by atoms with Gasteiger partial charge in [-0.25, -0.2) is 4.79 Å². The minimum absolute atomic E-state index is 0.0511. The fraction of sp³-hybridized carbons (Fsp3) is 0.750. The third-order valence-corrected chi connectivity index (χ3v) is 2.65. The summed E-state index contributed by atoms with van der Waals surface area (Å²) in [6.45, 7) is 0. The Morgan fingerprint density at radius 3 is 3.00 bits per heavy atom. The average molecular weight is 184 g/mol. The molecule has 2 aliphatic rings. The van der Waals surface area contributed by atoms with E-state index in [1.807, 2.05) is 0 Å². The molecule has 2 bridgehead atoms. The van der Waals surface area contributed by atoms with Crippen LogP contribution in [0.15, 0.2) is 0 Å². The molecule has 2 N–H and O–H groups in total. The minimum atomic E-state index is -0.503. The zero-order valence-corrected chi connectivity index (χ0v) is 7.37. The molecule has 0 aromatic rings. The van der Waals surface area contributed by atoms with Crippen LogP contribution in [-0.2, 0) is 14.3 Å². The van der Waals surface area contributed by atoms with Crippen molar-refractivity contribution in [1.82, 2.24) is 10.6 Å². The summed E-state index contributed by atoms with van der Waals surface area (Å²) in [7, 11) is 1.33. The van der Waals surface area contributed by atoms with Crippen molar-refractivity contribution < 1.29 is 14.3 Å². The van der Waals surface area contributed by atoms with Crippen molar-refractivity contribution >= 4 is 11.9 Å². The van der Waals surface area contributed by atoms with Crippen LogP contribution in [0.3, 0.4) is 0 Å². The van der Waals surface area contributed by atoms with E-state index in [4.69, 9.17) is 0 Å². The molecule has 0 aromatic heterocycles. The maximum atomic E-state index is 11.3. The van der Waals surface area contributed by atoms with Crippen LogP contribution in [0.1, 0.15) is 12.8 Å². The fourth-order valence-corrected chi connectivity index (χ4v) is 1.95. The standard InChI is InChI=1S/C8H12N2O3/c1-13-8(12)6-4-2-3-5(9-4)7(11)10-6/h4-6,9H,2-3H2,1H3,(H,10,11)/t4-,5+,6?/m1/s1. The molecule has 72 valence electrons. The summed E-state index contributed by atoms with van der Waals surface area (Å²) in [4.78, 5) is 22.5. The SMILES string of the molecule is COC(=O)C1NC(=O)[C@@H]2CC[C@H]1N2. The van der Waals surface area contributed by atoms with E-state index in [9.17, 15) is 9.59 Å². The van der Waals surface area contributed by atoms with Crippen LogP contribution in [0.5, 0.6) is 0 Å².